The van der Waals surface area contributed by atoms with Crippen LogP contribution in [0.15, 0.2) is 209 Å². The van der Waals surface area contributed by atoms with Crippen LogP contribution in [0.4, 0.5) is 0 Å². The van der Waals surface area contributed by atoms with Crippen molar-refractivity contribution in [1.29, 1.82) is 0 Å². The zero-order chi connectivity index (χ0) is 58.5. The summed E-state index contributed by atoms with van der Waals surface area (Å²) in [6.07, 6.45) is -6.41. The normalized spacial score (nSPS) is 18.8. The van der Waals surface area contributed by atoms with Crippen LogP contribution in [0.3, 0.4) is 0 Å². The fourth-order valence-electron chi connectivity index (χ4n) is 10.5. The third kappa shape index (κ3) is 12.0. The quantitative estimate of drug-likeness (QED) is 0.0658. The molecule has 16 nitrogen and oxygen atoms in total. The summed E-state index contributed by atoms with van der Waals surface area (Å²) in [5, 5.41) is -0.00584. The van der Waals surface area contributed by atoms with Crippen molar-refractivity contribution in [2.75, 3.05) is 19.8 Å². The molecular weight excluding hydrogens is 1080 g/mol. The lowest BCUT2D eigenvalue weighted by atomic mass is 9.97. The minimum atomic E-state index is -1.68. The molecular formula is C69H60O16. The Balaban J connectivity index is 0.994. The van der Waals surface area contributed by atoms with Gasteiger partial charge in [-0.15, -0.1) is 0 Å². The molecule has 1 aromatic heterocycles. The average molecular weight is 1150 g/mol. The Labute approximate surface area is 490 Å². The maximum Gasteiger partial charge on any atom is 0.338 e. The molecule has 2 fully saturated rings. The van der Waals surface area contributed by atoms with Gasteiger partial charge in [0.05, 0.1) is 24.3 Å². The molecule has 16 heteroatoms. The van der Waals surface area contributed by atoms with E-state index in [9.17, 15) is 9.59 Å². The minimum absolute atomic E-state index is 0.00584. The second-order valence-electron chi connectivity index (χ2n) is 20.8. The van der Waals surface area contributed by atoms with Crippen LogP contribution in [0.1, 0.15) is 70.7 Å². The maximum atomic E-state index is 16.0. The molecule has 85 heavy (non-hydrogen) atoms. The number of ether oxygens (including phenoxy) is 12. The molecule has 0 radical (unpaired) electrons. The fraction of sp³-hybridized carbons (Fsp3) is 0.232. The summed E-state index contributed by atoms with van der Waals surface area (Å²) in [7, 11) is 0. The third-order valence-electron chi connectivity index (χ3n) is 14.5. The van der Waals surface area contributed by atoms with Crippen LogP contribution in [0, 0.1) is 0 Å². The van der Waals surface area contributed by atoms with Gasteiger partial charge in [0.1, 0.15) is 72.1 Å². The van der Waals surface area contributed by atoms with E-state index >= 15 is 4.79 Å². The Morgan fingerprint density at radius 2 is 1.11 bits per heavy atom. The molecule has 0 spiro atoms. The second kappa shape index (κ2) is 24.3. The zero-order valence-electron chi connectivity index (χ0n) is 47.0. The monoisotopic (exact) mass is 1140 g/mol. The van der Waals surface area contributed by atoms with E-state index in [1.807, 2.05) is 135 Å². The van der Waals surface area contributed by atoms with Gasteiger partial charge in [0.15, 0.2) is 29.2 Å². The largest absolute Gasteiger partial charge is 0.494 e. The number of carbonyl (C=O) groups excluding carboxylic acids is 2. The smallest absolute Gasteiger partial charge is 0.338 e. The lowest BCUT2D eigenvalue weighted by Crippen LogP contribution is -2.60. The summed E-state index contributed by atoms with van der Waals surface area (Å²) in [6.45, 7) is 7.84. The first-order valence-corrected chi connectivity index (χ1v) is 28.1. The highest BCUT2D eigenvalue weighted by molar-refractivity contribution is 5.91. The summed E-state index contributed by atoms with van der Waals surface area (Å²) in [4.78, 5) is 44.3. The van der Waals surface area contributed by atoms with Gasteiger partial charge in [-0.25, -0.2) is 9.59 Å². The highest BCUT2D eigenvalue weighted by Gasteiger charge is 2.58. The molecule has 0 bridgehead atoms. The number of benzene rings is 8. The van der Waals surface area contributed by atoms with E-state index in [0.29, 0.717) is 47.5 Å². The number of fused-ring (bicyclic) bond motifs is 3. The van der Waals surface area contributed by atoms with Crippen LogP contribution in [-0.4, -0.2) is 68.3 Å². The van der Waals surface area contributed by atoms with Crippen LogP contribution in [-0.2, 0) is 42.7 Å². The van der Waals surface area contributed by atoms with E-state index in [1.165, 1.54) is 0 Å². The second-order valence-corrected chi connectivity index (χ2v) is 20.8. The summed E-state index contributed by atoms with van der Waals surface area (Å²) >= 11 is 0. The number of esters is 2. The van der Waals surface area contributed by atoms with Crippen LogP contribution >= 0.6 is 0 Å². The average Bonchev–Trinajstić information content (AvgIpc) is 2.40. The number of rotatable bonds is 20. The molecule has 432 valence electrons. The summed E-state index contributed by atoms with van der Waals surface area (Å²) in [5.41, 5.74) is 3.30. The third-order valence-corrected chi connectivity index (χ3v) is 14.5. The predicted molar refractivity (Wildman–Crippen MR) is 312 cm³/mol. The van der Waals surface area contributed by atoms with E-state index in [2.05, 4.69) is 0 Å². The Kier molecular flexibility index (Phi) is 16.0. The van der Waals surface area contributed by atoms with Gasteiger partial charge in [0.25, 0.3) is 0 Å². The van der Waals surface area contributed by atoms with Gasteiger partial charge in [-0.1, -0.05) is 121 Å². The standard InChI is InChI=1S/C69H60O16/c1-5-73-50-32-27-45(28-33-50)65(71)77-42-57-61-63(85-68(3,4)84-61)64(80-66(72)46-29-34-51(35-30-46)74-6-2)67(79-57)81-62-59(70)58-55(76-41-44-21-13-8-14-22-44)38-52(75-40-43-19-11-7-12-20-43)39-56(58)78-60(62)47-31-36-53-54(37-47)83-69(82-53,48-23-15-9-16-24-48)49-25-17-10-18-26-49/h7-39,57,61,63-64,67H,5-6,40-42H2,1-4H3/t57-,61+,63+,64-,67+/m1/s1. The lowest BCUT2D eigenvalue weighted by Gasteiger charge is -2.41. The molecule has 0 amide bonds. The van der Waals surface area contributed by atoms with Crippen LogP contribution in [0.2, 0.25) is 0 Å². The van der Waals surface area contributed by atoms with E-state index in [1.54, 1.807) is 92.7 Å². The SMILES string of the molecule is CCOc1ccc(C(=O)OC[C@H]2O[C@@H](Oc3c(-c4ccc5c(c4)OC(c4ccccc4)(c4ccccc4)O5)oc4cc(OCc5ccccc5)cc(OCc5ccccc5)c4c3=O)[C@H](OC(=O)c3ccc(OCC)cc3)[C@H]3OC(C)(C)O[C@H]32)cc1. The number of hydrogen-bond acceptors (Lipinski definition) is 16. The topological polar surface area (TPSA) is 175 Å². The van der Waals surface area contributed by atoms with Crippen molar-refractivity contribution in [3.63, 3.8) is 0 Å². The first kappa shape index (κ1) is 55.9. The van der Waals surface area contributed by atoms with Crippen molar-refractivity contribution < 1.29 is 70.8 Å². The molecule has 2 saturated heterocycles. The van der Waals surface area contributed by atoms with Gasteiger partial charge in [0, 0.05) is 28.8 Å². The predicted octanol–water partition coefficient (Wildman–Crippen LogP) is 12.8. The van der Waals surface area contributed by atoms with E-state index in [4.69, 9.17) is 61.3 Å². The Morgan fingerprint density at radius 1 is 0.553 bits per heavy atom. The summed E-state index contributed by atoms with van der Waals surface area (Å²) in [6, 6.07) is 59.6. The van der Waals surface area contributed by atoms with Crippen molar-refractivity contribution >= 4 is 22.9 Å². The van der Waals surface area contributed by atoms with Crippen molar-refractivity contribution in [3.05, 3.63) is 244 Å². The molecule has 0 saturated carbocycles. The first-order chi connectivity index (χ1) is 41.4. The number of carbonyl (C=O) groups is 2. The van der Waals surface area contributed by atoms with Gasteiger partial charge < -0.3 is 61.3 Å². The Morgan fingerprint density at radius 3 is 1.71 bits per heavy atom. The molecule has 12 rings (SSSR count). The molecule has 3 aliphatic heterocycles. The van der Waals surface area contributed by atoms with Gasteiger partial charge >= 0.3 is 17.7 Å². The van der Waals surface area contributed by atoms with Crippen molar-refractivity contribution in [1.82, 2.24) is 0 Å². The summed E-state index contributed by atoms with van der Waals surface area (Å²) < 4.78 is 84.2. The Bertz CT molecular complexity index is 3820. The van der Waals surface area contributed by atoms with E-state index in [0.717, 1.165) is 22.3 Å². The molecule has 5 atom stereocenters. The number of hydrogen-bond donors (Lipinski definition) is 0. The molecule has 3 aliphatic rings. The fourth-order valence-corrected chi connectivity index (χ4v) is 10.5. The first-order valence-electron chi connectivity index (χ1n) is 28.1. The van der Waals surface area contributed by atoms with Gasteiger partial charge in [-0.05, 0) is 106 Å². The van der Waals surface area contributed by atoms with Gasteiger partial charge in [-0.3, -0.25) is 4.79 Å². The lowest BCUT2D eigenvalue weighted by molar-refractivity contribution is -0.253. The van der Waals surface area contributed by atoms with Crippen LogP contribution in [0.5, 0.6) is 40.2 Å². The molecule has 0 unspecified atom stereocenters. The summed E-state index contributed by atoms with van der Waals surface area (Å²) in [5.74, 6) is -2.28. The van der Waals surface area contributed by atoms with E-state index in [-0.39, 0.29) is 59.2 Å². The van der Waals surface area contributed by atoms with Crippen molar-refractivity contribution in [2.24, 2.45) is 0 Å². The molecule has 9 aromatic rings. The van der Waals surface area contributed by atoms with Gasteiger partial charge in [-0.2, -0.15) is 0 Å². The Hall–Kier alpha value is -9.61. The van der Waals surface area contributed by atoms with Crippen LogP contribution in [0.25, 0.3) is 22.3 Å². The molecule has 8 aromatic carbocycles. The maximum absolute atomic E-state index is 16.0. The molecule has 0 aliphatic carbocycles. The highest BCUT2D eigenvalue weighted by Crippen LogP contribution is 2.50. The van der Waals surface area contributed by atoms with Gasteiger partial charge in [0.2, 0.25) is 17.5 Å². The van der Waals surface area contributed by atoms with E-state index < -0.39 is 59.6 Å². The van der Waals surface area contributed by atoms with Crippen molar-refractivity contribution in [2.45, 2.75) is 83.2 Å². The van der Waals surface area contributed by atoms with Crippen LogP contribution < -0.4 is 38.6 Å². The zero-order valence-corrected chi connectivity index (χ0v) is 47.0. The van der Waals surface area contributed by atoms with Crippen molar-refractivity contribution in [3.8, 4) is 51.6 Å². The highest BCUT2D eigenvalue weighted by atomic mass is 16.8. The molecule has 4 heterocycles. The minimum Gasteiger partial charge on any atom is -0.494 e. The molecule has 0 N–H and O–H groups in total.